The molecule has 0 N–H and O–H groups in total. The second kappa shape index (κ2) is 2.55. The van der Waals surface area contributed by atoms with E-state index in [0.29, 0.717) is 0 Å². The highest BCUT2D eigenvalue weighted by atomic mass is 32.2. The molecule has 1 rings (SSSR count). The first-order chi connectivity index (χ1) is 3.80. The molecular formula is C6H10S2. The van der Waals surface area contributed by atoms with Crippen molar-refractivity contribution in [2.45, 2.75) is 4.90 Å². The summed E-state index contributed by atoms with van der Waals surface area (Å²) in [5, 5.41) is 4.36. The molecule has 0 atom stereocenters. The predicted molar refractivity (Wildman–Crippen MR) is 43.4 cm³/mol. The normalized spacial score (nSPS) is 11.5. The fraction of sp³-hybridized carbons (Fsp3) is 0.333. The van der Waals surface area contributed by atoms with Crippen molar-refractivity contribution in [3.05, 3.63) is 16.8 Å². The minimum Gasteiger partial charge on any atom is -0.232 e. The lowest BCUT2D eigenvalue weighted by Gasteiger charge is -2.02. The minimum atomic E-state index is 0.152. The van der Waals surface area contributed by atoms with Gasteiger partial charge in [0.05, 0.1) is 0 Å². The van der Waals surface area contributed by atoms with E-state index in [2.05, 4.69) is 29.3 Å². The molecule has 0 bridgehead atoms. The largest absolute Gasteiger partial charge is 0.232 e. The van der Waals surface area contributed by atoms with Crippen LogP contribution in [0.4, 0.5) is 0 Å². The molecular weight excluding hydrogens is 136 g/mol. The minimum absolute atomic E-state index is 0.152. The first kappa shape index (κ1) is 6.17. The molecule has 8 heavy (non-hydrogen) atoms. The van der Waals surface area contributed by atoms with Gasteiger partial charge in [-0.3, -0.25) is 0 Å². The van der Waals surface area contributed by atoms with E-state index in [1.165, 1.54) is 4.90 Å². The van der Waals surface area contributed by atoms with Crippen LogP contribution in [0.1, 0.15) is 0 Å². The molecule has 0 saturated heterocycles. The molecule has 0 aromatic carbocycles. The van der Waals surface area contributed by atoms with Gasteiger partial charge in [-0.15, -0.1) is 0 Å². The van der Waals surface area contributed by atoms with Crippen LogP contribution in [0.3, 0.4) is 0 Å². The lowest BCUT2D eigenvalue weighted by molar-refractivity contribution is 1.58. The Hall–Kier alpha value is 0.0500. The Morgan fingerprint density at radius 2 is 2.25 bits per heavy atom. The molecule has 0 nitrogen and oxygen atoms in total. The molecule has 1 heterocycles. The summed E-state index contributed by atoms with van der Waals surface area (Å²) >= 11 is 1.78. The molecule has 0 aliphatic heterocycles. The van der Waals surface area contributed by atoms with Crippen LogP contribution in [0.5, 0.6) is 0 Å². The molecule has 0 spiro atoms. The molecule has 0 amide bonds. The lowest BCUT2D eigenvalue weighted by atomic mass is 10.7. The summed E-state index contributed by atoms with van der Waals surface area (Å²) in [6.45, 7) is 0. The maximum atomic E-state index is 2.28. The smallest absolute Gasteiger partial charge is 0.00256 e. The van der Waals surface area contributed by atoms with E-state index in [9.17, 15) is 0 Å². The van der Waals surface area contributed by atoms with Crippen molar-refractivity contribution in [2.24, 2.45) is 0 Å². The van der Waals surface area contributed by atoms with Crippen LogP contribution in [-0.2, 0) is 0 Å². The summed E-state index contributed by atoms with van der Waals surface area (Å²) in [5.74, 6) is 0. The third-order valence-corrected chi connectivity index (χ3v) is 3.19. The van der Waals surface area contributed by atoms with Gasteiger partial charge < -0.3 is 0 Å². The van der Waals surface area contributed by atoms with Gasteiger partial charge in [-0.2, -0.15) is 11.3 Å². The number of hydrogen-bond donors (Lipinski definition) is 1. The van der Waals surface area contributed by atoms with Crippen molar-refractivity contribution in [3.8, 4) is 0 Å². The average molecular weight is 146 g/mol. The maximum absolute atomic E-state index is 2.28. The van der Waals surface area contributed by atoms with Crippen LogP contribution in [0, 0.1) is 0 Å². The van der Waals surface area contributed by atoms with Crippen molar-refractivity contribution in [1.29, 1.82) is 0 Å². The third kappa shape index (κ3) is 1.26. The van der Waals surface area contributed by atoms with Crippen LogP contribution in [0.2, 0.25) is 0 Å². The van der Waals surface area contributed by atoms with E-state index in [1.54, 1.807) is 11.3 Å². The zero-order chi connectivity index (χ0) is 5.98. The summed E-state index contributed by atoms with van der Waals surface area (Å²) in [4.78, 5) is 1.52. The van der Waals surface area contributed by atoms with Crippen molar-refractivity contribution in [3.63, 3.8) is 0 Å². The fourth-order valence-corrected chi connectivity index (χ4v) is 2.53. The predicted octanol–water partition coefficient (Wildman–Crippen LogP) is 2.37. The Bertz CT molecular complexity index is 142. The first-order valence-electron chi connectivity index (χ1n) is 2.50. The summed E-state index contributed by atoms with van der Waals surface area (Å²) in [7, 11) is 0.152. The zero-order valence-corrected chi connectivity index (χ0v) is 6.80. The molecule has 0 aliphatic rings. The fourth-order valence-electron chi connectivity index (χ4n) is 0.512. The molecule has 1 aromatic rings. The van der Waals surface area contributed by atoms with E-state index in [-0.39, 0.29) is 10.9 Å². The van der Waals surface area contributed by atoms with E-state index in [0.717, 1.165) is 0 Å². The van der Waals surface area contributed by atoms with Gasteiger partial charge in [0.1, 0.15) is 0 Å². The Labute approximate surface area is 56.9 Å². The molecule has 0 saturated carbocycles. The Morgan fingerprint density at radius 3 is 2.50 bits per heavy atom. The first-order valence-corrected chi connectivity index (χ1v) is 5.68. The quantitative estimate of drug-likeness (QED) is 0.578. The van der Waals surface area contributed by atoms with Crippen LogP contribution >= 0.6 is 22.2 Å². The zero-order valence-electron chi connectivity index (χ0n) is 5.09. The summed E-state index contributed by atoms with van der Waals surface area (Å²) in [5.41, 5.74) is 0. The van der Waals surface area contributed by atoms with Crippen LogP contribution in [0.15, 0.2) is 21.7 Å². The van der Waals surface area contributed by atoms with Gasteiger partial charge in [0.15, 0.2) is 0 Å². The van der Waals surface area contributed by atoms with Gasteiger partial charge in [0, 0.05) is 5.38 Å². The van der Waals surface area contributed by atoms with Crippen LogP contribution in [-0.4, -0.2) is 12.5 Å². The van der Waals surface area contributed by atoms with Crippen LogP contribution < -0.4 is 0 Å². The summed E-state index contributed by atoms with van der Waals surface area (Å²) < 4.78 is 0. The second-order valence-corrected chi connectivity index (χ2v) is 4.96. The monoisotopic (exact) mass is 146 g/mol. The van der Waals surface area contributed by atoms with Crippen LogP contribution in [0.25, 0.3) is 0 Å². The maximum Gasteiger partial charge on any atom is 0.00256 e. The lowest BCUT2D eigenvalue weighted by Crippen LogP contribution is -1.68. The SMILES string of the molecule is C[SH](C)c1ccsc1. The molecule has 0 radical (unpaired) electrons. The number of thiol groups is 1. The Kier molecular flexibility index (Phi) is 1.97. The highest BCUT2D eigenvalue weighted by Gasteiger charge is 1.90. The number of hydrogen-bond acceptors (Lipinski definition) is 1. The highest BCUT2D eigenvalue weighted by molar-refractivity contribution is 8.15. The number of rotatable bonds is 1. The standard InChI is InChI=1S/C6H10S2/c1-8(2)6-3-4-7-5-6/h3-5,8H,1-2H3. The van der Waals surface area contributed by atoms with Crippen molar-refractivity contribution >= 4 is 22.2 Å². The molecule has 46 valence electrons. The van der Waals surface area contributed by atoms with Crippen molar-refractivity contribution in [2.75, 3.05) is 12.5 Å². The molecule has 1 aromatic heterocycles. The third-order valence-electron chi connectivity index (χ3n) is 1.02. The van der Waals surface area contributed by atoms with Crippen molar-refractivity contribution < 1.29 is 0 Å². The molecule has 0 aliphatic carbocycles. The molecule has 0 unspecified atom stereocenters. The topological polar surface area (TPSA) is 0 Å². The Balaban J connectivity index is 2.77. The van der Waals surface area contributed by atoms with Crippen molar-refractivity contribution in [1.82, 2.24) is 0 Å². The van der Waals surface area contributed by atoms with E-state index in [1.807, 2.05) is 0 Å². The highest BCUT2D eigenvalue weighted by Crippen LogP contribution is 2.29. The van der Waals surface area contributed by atoms with Gasteiger partial charge in [-0.05, 0) is 28.9 Å². The average Bonchev–Trinajstić information content (AvgIpc) is 2.12. The van der Waals surface area contributed by atoms with Gasteiger partial charge in [-0.25, -0.2) is 10.9 Å². The van der Waals surface area contributed by atoms with E-state index in [4.69, 9.17) is 0 Å². The van der Waals surface area contributed by atoms with Gasteiger partial charge in [0.2, 0.25) is 0 Å². The molecule has 0 fully saturated rings. The van der Waals surface area contributed by atoms with Gasteiger partial charge in [0.25, 0.3) is 0 Å². The van der Waals surface area contributed by atoms with E-state index < -0.39 is 0 Å². The van der Waals surface area contributed by atoms with E-state index >= 15 is 0 Å². The van der Waals surface area contributed by atoms with Gasteiger partial charge >= 0.3 is 0 Å². The molecule has 2 heteroatoms. The summed E-state index contributed by atoms with van der Waals surface area (Å²) in [6.07, 6.45) is 4.55. The number of thiophene rings is 1. The second-order valence-electron chi connectivity index (χ2n) is 1.88. The van der Waals surface area contributed by atoms with Gasteiger partial charge in [-0.1, -0.05) is 0 Å². The Morgan fingerprint density at radius 1 is 1.50 bits per heavy atom. The summed E-state index contributed by atoms with van der Waals surface area (Å²) in [6, 6.07) is 2.20.